The van der Waals surface area contributed by atoms with E-state index in [-0.39, 0.29) is 0 Å². The van der Waals surface area contributed by atoms with E-state index in [0.29, 0.717) is 27.8 Å². The van der Waals surface area contributed by atoms with Crippen LogP contribution in [-0.4, -0.2) is 25.1 Å². The van der Waals surface area contributed by atoms with Crippen LogP contribution in [0.2, 0.25) is 0 Å². The number of aryl methyl sites for hydroxylation is 1. The van der Waals surface area contributed by atoms with Crippen molar-refractivity contribution in [1.82, 2.24) is 4.98 Å². The molecule has 0 fully saturated rings. The van der Waals surface area contributed by atoms with Gasteiger partial charge in [0.1, 0.15) is 0 Å². The van der Waals surface area contributed by atoms with Crippen molar-refractivity contribution >= 4 is 32.3 Å². The van der Waals surface area contributed by atoms with Crippen LogP contribution in [0.5, 0.6) is 0 Å². The number of benzene rings is 2. The molecule has 1 aromatic heterocycles. The SMILES string of the molecule is Cc1cc(C(=O)Nc2ccc(S(=O)(=O)C(F)F)cc2)c2ccccc2n1. The Bertz CT molecular complexity index is 1080. The van der Waals surface area contributed by atoms with Gasteiger partial charge >= 0.3 is 5.76 Å². The summed E-state index contributed by atoms with van der Waals surface area (Å²) in [5.74, 6) is -3.90. The Morgan fingerprint density at radius 3 is 2.38 bits per heavy atom. The van der Waals surface area contributed by atoms with E-state index in [0.717, 1.165) is 12.1 Å². The van der Waals surface area contributed by atoms with Crippen molar-refractivity contribution in [2.24, 2.45) is 0 Å². The number of hydrogen-bond acceptors (Lipinski definition) is 4. The second-order valence-electron chi connectivity index (χ2n) is 5.61. The first-order valence-corrected chi connectivity index (χ1v) is 9.13. The fourth-order valence-electron chi connectivity index (χ4n) is 2.52. The van der Waals surface area contributed by atoms with Crippen molar-refractivity contribution in [3.8, 4) is 0 Å². The summed E-state index contributed by atoms with van der Waals surface area (Å²) >= 11 is 0. The predicted octanol–water partition coefficient (Wildman–Crippen LogP) is 3.79. The molecule has 0 spiro atoms. The van der Waals surface area contributed by atoms with E-state index in [9.17, 15) is 22.0 Å². The fraction of sp³-hybridized carbons (Fsp3) is 0.111. The lowest BCUT2D eigenvalue weighted by Crippen LogP contribution is -2.14. The van der Waals surface area contributed by atoms with E-state index in [1.165, 1.54) is 12.1 Å². The zero-order valence-electron chi connectivity index (χ0n) is 13.6. The maximum atomic E-state index is 12.6. The molecule has 0 saturated carbocycles. The van der Waals surface area contributed by atoms with Crippen molar-refractivity contribution in [3.63, 3.8) is 0 Å². The minimum atomic E-state index is -4.66. The van der Waals surface area contributed by atoms with Gasteiger partial charge in [-0.05, 0) is 43.3 Å². The number of nitrogens with one attached hydrogen (secondary N) is 1. The lowest BCUT2D eigenvalue weighted by molar-refractivity contribution is 0.102. The lowest BCUT2D eigenvalue weighted by atomic mass is 10.1. The summed E-state index contributed by atoms with van der Waals surface area (Å²) in [6, 6.07) is 13.4. The zero-order valence-corrected chi connectivity index (χ0v) is 14.4. The molecule has 1 amide bonds. The van der Waals surface area contributed by atoms with Crippen molar-refractivity contribution in [1.29, 1.82) is 0 Å². The third kappa shape index (κ3) is 3.41. The van der Waals surface area contributed by atoms with Crippen LogP contribution in [0.1, 0.15) is 16.1 Å². The molecule has 5 nitrogen and oxygen atoms in total. The molecule has 2 aromatic carbocycles. The minimum Gasteiger partial charge on any atom is -0.322 e. The number of rotatable bonds is 4. The van der Waals surface area contributed by atoms with Gasteiger partial charge in [0.2, 0.25) is 9.84 Å². The van der Waals surface area contributed by atoms with E-state index < -0.39 is 26.4 Å². The monoisotopic (exact) mass is 376 g/mol. The quantitative estimate of drug-likeness (QED) is 0.752. The molecule has 134 valence electrons. The summed E-state index contributed by atoms with van der Waals surface area (Å²) in [5, 5.41) is 3.31. The first kappa shape index (κ1) is 17.9. The van der Waals surface area contributed by atoms with Crippen LogP contribution >= 0.6 is 0 Å². The van der Waals surface area contributed by atoms with E-state index in [1.54, 1.807) is 31.2 Å². The molecular weight excluding hydrogens is 362 g/mol. The predicted molar refractivity (Wildman–Crippen MR) is 94.1 cm³/mol. The average molecular weight is 376 g/mol. The molecule has 0 aliphatic rings. The highest BCUT2D eigenvalue weighted by atomic mass is 32.2. The van der Waals surface area contributed by atoms with Crippen LogP contribution in [0, 0.1) is 6.92 Å². The minimum absolute atomic E-state index is 0.293. The van der Waals surface area contributed by atoms with Crippen LogP contribution in [0.4, 0.5) is 14.5 Å². The van der Waals surface area contributed by atoms with E-state index >= 15 is 0 Å². The summed E-state index contributed by atoms with van der Waals surface area (Å²) in [6.07, 6.45) is 0. The highest BCUT2D eigenvalue weighted by Crippen LogP contribution is 2.22. The third-order valence-corrected chi connectivity index (χ3v) is 5.16. The Balaban J connectivity index is 1.90. The molecule has 0 aliphatic carbocycles. The van der Waals surface area contributed by atoms with Crippen molar-refractivity contribution in [3.05, 3.63) is 65.9 Å². The molecule has 0 radical (unpaired) electrons. The Labute approximate surface area is 148 Å². The topological polar surface area (TPSA) is 76.1 Å². The standard InChI is InChI=1S/C18H14F2N2O3S/c1-11-10-15(14-4-2-3-5-16(14)21-11)17(23)22-12-6-8-13(9-7-12)26(24,25)18(19)20/h2-10,18H,1H3,(H,22,23). The second kappa shape index (κ2) is 6.80. The number of anilines is 1. The van der Waals surface area contributed by atoms with Crippen LogP contribution in [0.25, 0.3) is 10.9 Å². The number of pyridine rings is 1. The van der Waals surface area contributed by atoms with Crippen LogP contribution < -0.4 is 5.32 Å². The van der Waals surface area contributed by atoms with Gasteiger partial charge in [0.25, 0.3) is 5.91 Å². The lowest BCUT2D eigenvalue weighted by Gasteiger charge is -2.10. The van der Waals surface area contributed by atoms with Crippen molar-refractivity contribution < 1.29 is 22.0 Å². The molecule has 26 heavy (non-hydrogen) atoms. The molecule has 1 heterocycles. The van der Waals surface area contributed by atoms with Gasteiger partial charge in [-0.2, -0.15) is 8.78 Å². The van der Waals surface area contributed by atoms with Crippen molar-refractivity contribution in [2.45, 2.75) is 17.6 Å². The highest BCUT2D eigenvalue weighted by Gasteiger charge is 2.26. The number of hydrogen-bond donors (Lipinski definition) is 1. The summed E-state index contributed by atoms with van der Waals surface area (Å²) in [4.78, 5) is 16.5. The molecule has 8 heteroatoms. The van der Waals surface area contributed by atoms with Gasteiger partial charge in [0, 0.05) is 16.8 Å². The maximum absolute atomic E-state index is 12.6. The second-order valence-corrected chi connectivity index (χ2v) is 7.53. The normalized spacial score (nSPS) is 11.7. The number of alkyl halides is 2. The Hall–Kier alpha value is -2.87. The number of aromatic nitrogens is 1. The molecule has 0 saturated heterocycles. The molecule has 3 aromatic rings. The molecule has 0 unspecified atom stereocenters. The summed E-state index contributed by atoms with van der Waals surface area (Å²) in [6.45, 7) is 1.77. The average Bonchev–Trinajstić information content (AvgIpc) is 2.61. The van der Waals surface area contributed by atoms with Gasteiger partial charge in [0.05, 0.1) is 16.0 Å². The Morgan fingerprint density at radius 2 is 1.73 bits per heavy atom. The van der Waals surface area contributed by atoms with E-state index in [4.69, 9.17) is 0 Å². The number of nitrogens with zero attached hydrogens (tertiary/aromatic N) is 1. The summed E-state index contributed by atoms with van der Waals surface area (Å²) < 4.78 is 48.0. The largest absolute Gasteiger partial charge is 0.341 e. The van der Waals surface area contributed by atoms with Gasteiger partial charge in [0.15, 0.2) is 0 Å². The number of para-hydroxylation sites is 1. The maximum Gasteiger partial charge on any atom is 0.341 e. The number of carbonyl (C=O) groups excluding carboxylic acids is 1. The Morgan fingerprint density at radius 1 is 1.08 bits per heavy atom. The highest BCUT2D eigenvalue weighted by molar-refractivity contribution is 7.91. The first-order chi connectivity index (χ1) is 12.3. The van der Waals surface area contributed by atoms with Gasteiger partial charge in [-0.25, -0.2) is 8.42 Å². The summed E-state index contributed by atoms with van der Waals surface area (Å²) in [5.41, 5.74) is 2.06. The van der Waals surface area contributed by atoms with E-state index in [2.05, 4.69) is 10.3 Å². The van der Waals surface area contributed by atoms with Crippen LogP contribution in [0.15, 0.2) is 59.5 Å². The van der Waals surface area contributed by atoms with Gasteiger partial charge in [-0.3, -0.25) is 9.78 Å². The molecule has 0 aliphatic heterocycles. The van der Waals surface area contributed by atoms with Gasteiger partial charge in [-0.1, -0.05) is 18.2 Å². The molecule has 0 atom stereocenters. The van der Waals surface area contributed by atoms with Crippen LogP contribution in [0.3, 0.4) is 0 Å². The van der Waals surface area contributed by atoms with Crippen LogP contribution in [-0.2, 0) is 9.84 Å². The molecule has 0 bridgehead atoms. The number of sulfone groups is 1. The molecular formula is C18H14F2N2O3S. The number of fused-ring (bicyclic) bond motifs is 1. The fourth-order valence-corrected chi connectivity index (χ4v) is 3.25. The smallest absolute Gasteiger partial charge is 0.322 e. The zero-order chi connectivity index (χ0) is 18.9. The van der Waals surface area contributed by atoms with E-state index in [1.807, 2.05) is 6.07 Å². The van der Waals surface area contributed by atoms with Gasteiger partial charge in [-0.15, -0.1) is 0 Å². The first-order valence-electron chi connectivity index (χ1n) is 7.59. The Kier molecular flexibility index (Phi) is 4.69. The number of amides is 1. The summed E-state index contributed by atoms with van der Waals surface area (Å²) in [7, 11) is -4.66. The number of halogens is 2. The van der Waals surface area contributed by atoms with Crippen molar-refractivity contribution in [2.75, 3.05) is 5.32 Å². The third-order valence-electron chi connectivity index (χ3n) is 3.76. The molecule has 1 N–H and O–H groups in total. The molecule has 3 rings (SSSR count). The van der Waals surface area contributed by atoms with Gasteiger partial charge < -0.3 is 5.32 Å². The number of carbonyl (C=O) groups is 1.